The lowest BCUT2D eigenvalue weighted by molar-refractivity contribution is -0.147. The van der Waals surface area contributed by atoms with Crippen LogP contribution in [0, 0.1) is 0 Å². The molecule has 0 saturated carbocycles. The SMILES string of the molecule is N[C@@H]1C(=O)N2C(C(=O)O)=C(C=CS[C@H]3CCN(CCO)C3)CS[C@H]12. The highest BCUT2D eigenvalue weighted by Gasteiger charge is 2.51. The minimum atomic E-state index is -1.08. The van der Waals surface area contributed by atoms with Gasteiger partial charge in [-0.25, -0.2) is 4.79 Å². The van der Waals surface area contributed by atoms with Gasteiger partial charge in [-0.2, -0.15) is 0 Å². The number of amides is 1. The number of hydrogen-bond acceptors (Lipinski definition) is 7. The zero-order valence-electron chi connectivity index (χ0n) is 13.1. The molecule has 132 valence electrons. The van der Waals surface area contributed by atoms with Crippen molar-refractivity contribution >= 4 is 35.4 Å². The molecule has 3 rings (SSSR count). The fourth-order valence-corrected chi connectivity index (χ4v) is 5.42. The highest BCUT2D eigenvalue weighted by Crippen LogP contribution is 2.40. The number of carbonyl (C=O) groups is 2. The highest BCUT2D eigenvalue weighted by molar-refractivity contribution is 8.02. The summed E-state index contributed by atoms with van der Waals surface area (Å²) in [6.07, 6.45) is 2.86. The summed E-state index contributed by atoms with van der Waals surface area (Å²) in [6, 6.07) is -0.597. The summed E-state index contributed by atoms with van der Waals surface area (Å²) >= 11 is 3.18. The molecule has 3 aliphatic rings. The molecule has 3 atom stereocenters. The van der Waals surface area contributed by atoms with Crippen LogP contribution in [0.1, 0.15) is 6.42 Å². The van der Waals surface area contributed by atoms with Crippen molar-refractivity contribution in [2.24, 2.45) is 5.73 Å². The van der Waals surface area contributed by atoms with Gasteiger partial charge in [0, 0.05) is 24.1 Å². The molecular formula is C15H21N3O4S2. The van der Waals surface area contributed by atoms with Crippen molar-refractivity contribution in [2.75, 3.05) is 32.0 Å². The zero-order chi connectivity index (χ0) is 17.3. The predicted octanol–water partition coefficient (Wildman–Crippen LogP) is -0.119. The summed E-state index contributed by atoms with van der Waals surface area (Å²) in [5.41, 5.74) is 6.45. The van der Waals surface area contributed by atoms with Crippen molar-refractivity contribution in [2.45, 2.75) is 23.1 Å². The van der Waals surface area contributed by atoms with Crippen molar-refractivity contribution in [3.63, 3.8) is 0 Å². The van der Waals surface area contributed by atoms with E-state index in [1.165, 1.54) is 16.7 Å². The second kappa shape index (κ2) is 7.49. The number of aliphatic carboxylic acids is 1. The van der Waals surface area contributed by atoms with Crippen molar-refractivity contribution in [3.8, 4) is 0 Å². The summed E-state index contributed by atoms with van der Waals surface area (Å²) in [6.45, 7) is 2.78. The number of fused-ring (bicyclic) bond motifs is 1. The second-order valence-electron chi connectivity index (χ2n) is 5.99. The average molecular weight is 371 g/mol. The Kier molecular flexibility index (Phi) is 5.56. The first-order chi connectivity index (χ1) is 11.5. The molecule has 0 unspecified atom stereocenters. The van der Waals surface area contributed by atoms with Gasteiger partial charge in [0.15, 0.2) is 0 Å². The van der Waals surface area contributed by atoms with Gasteiger partial charge >= 0.3 is 5.97 Å². The van der Waals surface area contributed by atoms with Crippen LogP contribution in [0.25, 0.3) is 0 Å². The normalized spacial score (nSPS) is 30.8. The van der Waals surface area contributed by atoms with Crippen LogP contribution in [-0.2, 0) is 9.59 Å². The van der Waals surface area contributed by atoms with E-state index in [9.17, 15) is 14.7 Å². The van der Waals surface area contributed by atoms with Crippen LogP contribution in [0.2, 0.25) is 0 Å². The molecule has 2 fully saturated rings. The number of hydrogen-bond donors (Lipinski definition) is 3. The Balaban J connectivity index is 1.65. The van der Waals surface area contributed by atoms with Crippen molar-refractivity contribution < 1.29 is 19.8 Å². The van der Waals surface area contributed by atoms with E-state index in [2.05, 4.69) is 4.90 Å². The van der Waals surface area contributed by atoms with E-state index in [0.717, 1.165) is 19.5 Å². The molecule has 0 spiro atoms. The standard InChI is InChI=1S/C15H21N3O4S2/c16-11-13(20)18-12(15(21)22)9(8-24-14(11)18)2-6-23-10-1-3-17(7-10)4-5-19/h2,6,10-11,14,19H,1,3-5,7-8,16H2,(H,21,22)/t10-,11+,14+/m0/s1. The number of β-amino-alcohol motifs (C(OH)–C–C–N with tert-alkyl or cyclic N) is 1. The molecule has 7 nitrogen and oxygen atoms in total. The fourth-order valence-electron chi connectivity index (χ4n) is 3.15. The van der Waals surface area contributed by atoms with E-state index in [1.54, 1.807) is 11.8 Å². The van der Waals surface area contributed by atoms with Crippen molar-refractivity contribution in [3.05, 3.63) is 22.8 Å². The maximum atomic E-state index is 11.9. The molecule has 2 saturated heterocycles. The van der Waals surface area contributed by atoms with Gasteiger partial charge in [-0.15, -0.1) is 23.5 Å². The van der Waals surface area contributed by atoms with Crippen LogP contribution in [0.3, 0.4) is 0 Å². The molecule has 3 aliphatic heterocycles. The minimum absolute atomic E-state index is 0.0654. The first kappa shape index (κ1) is 17.8. The third-order valence-electron chi connectivity index (χ3n) is 4.43. The van der Waals surface area contributed by atoms with Gasteiger partial charge in [-0.1, -0.05) is 0 Å². The summed E-state index contributed by atoms with van der Waals surface area (Å²) in [5.74, 6) is -0.860. The molecule has 0 bridgehead atoms. The molecule has 0 aromatic rings. The molecule has 9 heteroatoms. The van der Waals surface area contributed by atoms with Gasteiger partial charge in [0.2, 0.25) is 5.91 Å². The van der Waals surface area contributed by atoms with Crippen LogP contribution in [-0.4, -0.2) is 80.5 Å². The smallest absolute Gasteiger partial charge is 0.352 e. The largest absolute Gasteiger partial charge is 0.477 e. The molecule has 0 aromatic heterocycles. The van der Waals surface area contributed by atoms with Gasteiger partial charge in [-0.3, -0.25) is 14.6 Å². The number of carboxylic acids is 1. The van der Waals surface area contributed by atoms with E-state index in [1.807, 2.05) is 11.5 Å². The molecule has 1 amide bonds. The first-order valence-corrected chi connectivity index (χ1v) is 9.84. The van der Waals surface area contributed by atoms with E-state index in [4.69, 9.17) is 10.8 Å². The number of aliphatic hydroxyl groups is 1. The van der Waals surface area contributed by atoms with Crippen molar-refractivity contribution in [1.29, 1.82) is 0 Å². The number of nitrogens with zero attached hydrogens (tertiary/aromatic N) is 2. The van der Waals surface area contributed by atoms with E-state index in [0.29, 0.717) is 23.1 Å². The van der Waals surface area contributed by atoms with Gasteiger partial charge in [0.1, 0.15) is 17.1 Å². The summed E-state index contributed by atoms with van der Waals surface area (Å²) in [7, 11) is 0. The Bertz CT molecular complexity index is 595. The number of nitrogens with two attached hydrogens (primary N) is 1. The zero-order valence-corrected chi connectivity index (χ0v) is 14.8. The summed E-state index contributed by atoms with van der Waals surface area (Å²) in [5, 5.41) is 20.6. The van der Waals surface area contributed by atoms with E-state index in [-0.39, 0.29) is 23.6 Å². The molecule has 0 radical (unpaired) electrons. The molecule has 3 heterocycles. The summed E-state index contributed by atoms with van der Waals surface area (Å²) < 4.78 is 0. The van der Waals surface area contributed by atoms with Crippen molar-refractivity contribution in [1.82, 2.24) is 9.80 Å². The lowest BCUT2D eigenvalue weighted by Gasteiger charge is -2.47. The molecule has 0 aromatic carbocycles. The van der Waals surface area contributed by atoms with Crippen LogP contribution in [0.4, 0.5) is 0 Å². The number of carboxylic acid groups (broad SMARTS) is 1. The lowest BCUT2D eigenvalue weighted by Crippen LogP contribution is -2.68. The van der Waals surface area contributed by atoms with Crippen LogP contribution in [0.15, 0.2) is 22.8 Å². The maximum Gasteiger partial charge on any atom is 0.352 e. The molecule has 24 heavy (non-hydrogen) atoms. The van der Waals surface area contributed by atoms with Crippen LogP contribution in [0.5, 0.6) is 0 Å². The van der Waals surface area contributed by atoms with Gasteiger partial charge < -0.3 is 15.9 Å². The van der Waals surface area contributed by atoms with Crippen LogP contribution >= 0.6 is 23.5 Å². The van der Waals surface area contributed by atoms with Gasteiger partial charge in [-0.05, 0) is 30.0 Å². The topological polar surface area (TPSA) is 107 Å². The molecular weight excluding hydrogens is 350 g/mol. The average Bonchev–Trinajstić information content (AvgIpc) is 3.01. The van der Waals surface area contributed by atoms with Gasteiger partial charge in [0.25, 0.3) is 0 Å². The quantitative estimate of drug-likeness (QED) is 0.555. The number of rotatable bonds is 6. The number of thioether (sulfide) groups is 2. The third kappa shape index (κ3) is 3.36. The van der Waals surface area contributed by atoms with E-state index < -0.39 is 12.0 Å². The molecule has 4 N–H and O–H groups in total. The highest BCUT2D eigenvalue weighted by atomic mass is 32.2. The fraction of sp³-hybridized carbons (Fsp3) is 0.600. The number of likely N-dealkylation sites (tertiary alicyclic amines) is 1. The second-order valence-corrected chi connectivity index (χ2v) is 8.30. The third-order valence-corrected chi connectivity index (χ3v) is 6.81. The first-order valence-electron chi connectivity index (χ1n) is 7.85. The maximum absolute atomic E-state index is 11.9. The van der Waals surface area contributed by atoms with Gasteiger partial charge in [0.05, 0.1) is 6.61 Å². The monoisotopic (exact) mass is 371 g/mol. The number of β-lactam (4-membered cyclic amide) rings is 1. The number of aliphatic hydroxyl groups excluding tert-OH is 1. The van der Waals surface area contributed by atoms with E-state index >= 15 is 0 Å². The molecule has 0 aliphatic carbocycles. The predicted molar refractivity (Wildman–Crippen MR) is 94.4 cm³/mol. The Hall–Kier alpha value is -1.000. The van der Waals surface area contributed by atoms with Crippen LogP contribution < -0.4 is 5.73 Å². The lowest BCUT2D eigenvalue weighted by atomic mass is 10.0. The Labute approximate surface area is 148 Å². The number of allylic oxidation sites excluding steroid dienone is 1. The Morgan fingerprint density at radius 2 is 2.29 bits per heavy atom. The Morgan fingerprint density at radius 1 is 1.50 bits per heavy atom. The minimum Gasteiger partial charge on any atom is -0.477 e. The number of carbonyl (C=O) groups excluding carboxylic acids is 1. The Morgan fingerprint density at radius 3 is 3.00 bits per heavy atom. The summed E-state index contributed by atoms with van der Waals surface area (Å²) in [4.78, 5) is 27.0.